The van der Waals surface area contributed by atoms with Crippen molar-refractivity contribution in [3.8, 4) is 5.75 Å². The lowest BCUT2D eigenvalue weighted by Crippen LogP contribution is -2.11. The van der Waals surface area contributed by atoms with Crippen LogP contribution in [0.25, 0.3) is 0 Å². The Morgan fingerprint density at radius 3 is 2.22 bits per heavy atom. The van der Waals surface area contributed by atoms with Gasteiger partial charge in [0.1, 0.15) is 10.6 Å². The van der Waals surface area contributed by atoms with Crippen molar-refractivity contribution in [1.82, 2.24) is 0 Å². The van der Waals surface area contributed by atoms with Gasteiger partial charge in [0.05, 0.1) is 0 Å². The predicted octanol–water partition coefficient (Wildman–Crippen LogP) is 3.07. The van der Waals surface area contributed by atoms with Crippen molar-refractivity contribution in [1.29, 1.82) is 0 Å². The van der Waals surface area contributed by atoms with Gasteiger partial charge < -0.3 is 4.18 Å². The van der Waals surface area contributed by atoms with Gasteiger partial charge in [-0.3, -0.25) is 0 Å². The molecule has 0 aliphatic heterocycles. The SMILES string of the molecule is Cc1cccc(S(=O)(=O)Oc2ccccc2)c1C. The lowest BCUT2D eigenvalue weighted by Gasteiger charge is -2.10. The van der Waals surface area contributed by atoms with Gasteiger partial charge in [0.2, 0.25) is 0 Å². The summed E-state index contributed by atoms with van der Waals surface area (Å²) < 4.78 is 29.4. The average Bonchev–Trinajstić information content (AvgIpc) is 2.33. The second kappa shape index (κ2) is 4.82. The first-order valence-corrected chi connectivity index (χ1v) is 6.97. The van der Waals surface area contributed by atoms with Crippen LogP contribution in [0.2, 0.25) is 0 Å². The van der Waals surface area contributed by atoms with Gasteiger partial charge in [-0.1, -0.05) is 30.3 Å². The van der Waals surface area contributed by atoms with Crippen LogP contribution in [0, 0.1) is 13.8 Å². The zero-order chi connectivity index (χ0) is 13.2. The number of benzene rings is 2. The molecule has 0 spiro atoms. The molecule has 0 amide bonds. The minimum Gasteiger partial charge on any atom is -0.379 e. The molecule has 94 valence electrons. The van der Waals surface area contributed by atoms with Gasteiger partial charge in [0, 0.05) is 0 Å². The van der Waals surface area contributed by atoms with Gasteiger partial charge in [-0.25, -0.2) is 0 Å². The molecule has 2 aromatic rings. The number of aryl methyl sites for hydroxylation is 1. The number of hydrogen-bond acceptors (Lipinski definition) is 3. The zero-order valence-corrected chi connectivity index (χ0v) is 11.1. The predicted molar refractivity (Wildman–Crippen MR) is 70.2 cm³/mol. The first-order chi connectivity index (χ1) is 8.50. The molecule has 2 rings (SSSR count). The molecule has 0 unspecified atom stereocenters. The highest BCUT2D eigenvalue weighted by Crippen LogP contribution is 2.22. The largest absolute Gasteiger partial charge is 0.379 e. The molecule has 0 atom stereocenters. The first-order valence-electron chi connectivity index (χ1n) is 5.56. The summed E-state index contributed by atoms with van der Waals surface area (Å²) in [6.45, 7) is 3.65. The molecule has 3 nitrogen and oxygen atoms in total. The fourth-order valence-corrected chi connectivity index (χ4v) is 2.88. The van der Waals surface area contributed by atoms with E-state index in [4.69, 9.17) is 4.18 Å². The summed E-state index contributed by atoms with van der Waals surface area (Å²) in [5.74, 6) is 0.318. The van der Waals surface area contributed by atoms with E-state index >= 15 is 0 Å². The van der Waals surface area contributed by atoms with Crippen LogP contribution in [-0.4, -0.2) is 8.42 Å². The van der Waals surface area contributed by atoms with Gasteiger partial charge in [0.25, 0.3) is 0 Å². The standard InChI is InChI=1S/C14H14O3S/c1-11-7-6-10-14(12(11)2)18(15,16)17-13-8-4-3-5-9-13/h3-10H,1-2H3. The minimum atomic E-state index is -3.77. The van der Waals surface area contributed by atoms with E-state index in [-0.39, 0.29) is 4.90 Å². The summed E-state index contributed by atoms with van der Waals surface area (Å²) in [6, 6.07) is 13.6. The molecule has 0 aromatic heterocycles. The number of para-hydroxylation sites is 1. The van der Waals surface area contributed by atoms with Crippen LogP contribution in [0.5, 0.6) is 5.75 Å². The topological polar surface area (TPSA) is 43.4 Å². The first kappa shape index (κ1) is 12.6. The van der Waals surface area contributed by atoms with E-state index in [1.807, 2.05) is 13.0 Å². The maximum Gasteiger partial charge on any atom is 0.339 e. The summed E-state index contributed by atoms with van der Waals surface area (Å²) >= 11 is 0. The number of hydrogen-bond donors (Lipinski definition) is 0. The van der Waals surface area contributed by atoms with Gasteiger partial charge in [-0.15, -0.1) is 0 Å². The maximum absolute atomic E-state index is 12.2. The van der Waals surface area contributed by atoms with E-state index in [9.17, 15) is 8.42 Å². The van der Waals surface area contributed by atoms with Crippen molar-refractivity contribution >= 4 is 10.1 Å². The zero-order valence-electron chi connectivity index (χ0n) is 10.3. The second-order valence-corrected chi connectivity index (χ2v) is 5.56. The molecule has 2 aromatic carbocycles. The summed E-state index contributed by atoms with van der Waals surface area (Å²) in [6.07, 6.45) is 0. The van der Waals surface area contributed by atoms with E-state index in [1.165, 1.54) is 0 Å². The Morgan fingerprint density at radius 2 is 1.56 bits per heavy atom. The second-order valence-electron chi connectivity index (χ2n) is 4.05. The third-order valence-corrected chi connectivity index (χ3v) is 4.17. The Bertz CT molecular complexity index is 646. The molecule has 0 saturated carbocycles. The molecule has 4 heteroatoms. The average molecular weight is 262 g/mol. The Labute approximate surface area is 107 Å². The van der Waals surface area contributed by atoms with Gasteiger partial charge in [-0.05, 0) is 43.2 Å². The molecule has 0 bridgehead atoms. The van der Waals surface area contributed by atoms with Crippen LogP contribution in [0.3, 0.4) is 0 Å². The molecule has 18 heavy (non-hydrogen) atoms. The Morgan fingerprint density at radius 1 is 0.889 bits per heavy atom. The molecular formula is C14H14O3S. The quantitative estimate of drug-likeness (QED) is 0.798. The third kappa shape index (κ3) is 2.54. The Balaban J connectivity index is 2.41. The summed E-state index contributed by atoms with van der Waals surface area (Å²) in [5, 5.41) is 0. The number of rotatable bonds is 3. The highest BCUT2D eigenvalue weighted by atomic mass is 32.2. The van der Waals surface area contributed by atoms with Crippen molar-refractivity contribution in [3.63, 3.8) is 0 Å². The van der Waals surface area contributed by atoms with Crippen molar-refractivity contribution in [2.45, 2.75) is 18.7 Å². The smallest absolute Gasteiger partial charge is 0.339 e. The lowest BCUT2D eigenvalue weighted by molar-refractivity contribution is 0.485. The fourth-order valence-electron chi connectivity index (χ4n) is 1.64. The third-order valence-electron chi connectivity index (χ3n) is 2.77. The van der Waals surface area contributed by atoms with Crippen molar-refractivity contribution < 1.29 is 12.6 Å². The van der Waals surface area contributed by atoms with E-state index in [1.54, 1.807) is 49.4 Å². The van der Waals surface area contributed by atoms with Crippen molar-refractivity contribution in [2.75, 3.05) is 0 Å². The van der Waals surface area contributed by atoms with Crippen molar-refractivity contribution in [3.05, 3.63) is 59.7 Å². The maximum atomic E-state index is 12.2. The van der Waals surface area contributed by atoms with Crippen LogP contribution in [0.4, 0.5) is 0 Å². The highest BCUT2D eigenvalue weighted by molar-refractivity contribution is 7.87. The molecule has 0 N–H and O–H groups in total. The minimum absolute atomic E-state index is 0.214. The Kier molecular flexibility index (Phi) is 3.39. The van der Waals surface area contributed by atoms with Crippen LogP contribution in [0.1, 0.15) is 11.1 Å². The summed E-state index contributed by atoms with van der Waals surface area (Å²) in [5.41, 5.74) is 1.64. The van der Waals surface area contributed by atoms with Crippen LogP contribution < -0.4 is 4.18 Å². The van der Waals surface area contributed by atoms with Crippen LogP contribution in [0.15, 0.2) is 53.4 Å². The van der Waals surface area contributed by atoms with Crippen LogP contribution in [-0.2, 0) is 10.1 Å². The summed E-state index contributed by atoms with van der Waals surface area (Å²) in [7, 11) is -3.77. The fraction of sp³-hybridized carbons (Fsp3) is 0.143. The lowest BCUT2D eigenvalue weighted by atomic mass is 10.1. The molecule has 0 aliphatic carbocycles. The van der Waals surface area contributed by atoms with Crippen LogP contribution >= 0.6 is 0 Å². The van der Waals surface area contributed by atoms with Crippen molar-refractivity contribution in [2.24, 2.45) is 0 Å². The van der Waals surface area contributed by atoms with Gasteiger partial charge in [0.15, 0.2) is 0 Å². The molecule has 0 radical (unpaired) electrons. The molecule has 0 heterocycles. The highest BCUT2D eigenvalue weighted by Gasteiger charge is 2.19. The van der Waals surface area contributed by atoms with Gasteiger partial charge >= 0.3 is 10.1 Å². The van der Waals surface area contributed by atoms with E-state index in [0.29, 0.717) is 11.3 Å². The molecular weight excluding hydrogens is 248 g/mol. The van der Waals surface area contributed by atoms with Gasteiger partial charge in [-0.2, -0.15) is 8.42 Å². The monoisotopic (exact) mass is 262 g/mol. The van der Waals surface area contributed by atoms with E-state index in [2.05, 4.69) is 0 Å². The Hall–Kier alpha value is -1.81. The molecule has 0 fully saturated rings. The summed E-state index contributed by atoms with van der Waals surface area (Å²) in [4.78, 5) is 0.214. The van der Waals surface area contributed by atoms with E-state index < -0.39 is 10.1 Å². The normalized spacial score (nSPS) is 11.2. The molecule has 0 aliphatic rings. The molecule has 0 saturated heterocycles. The van der Waals surface area contributed by atoms with E-state index in [0.717, 1.165) is 5.56 Å².